The molecule has 2 unspecified atom stereocenters. The van der Waals surface area contributed by atoms with Crippen molar-refractivity contribution in [3.05, 3.63) is 334 Å². The summed E-state index contributed by atoms with van der Waals surface area (Å²) in [5.74, 6) is 0.490. The number of hydrogen-bond acceptors (Lipinski definition) is 0. The molecule has 5 aliphatic carbocycles. The van der Waals surface area contributed by atoms with E-state index in [0.29, 0.717) is 0 Å². The van der Waals surface area contributed by atoms with Gasteiger partial charge < -0.3 is 0 Å². The molecule has 0 nitrogen and oxygen atoms in total. The Morgan fingerprint density at radius 3 is 1.08 bits per heavy atom. The molecule has 3 heteroatoms. The Hall–Kier alpha value is -5.94. The van der Waals surface area contributed by atoms with Crippen LogP contribution in [-0.4, -0.2) is 0 Å². The van der Waals surface area contributed by atoms with Gasteiger partial charge in [-0.05, 0) is 19.3 Å². The largest absolute Gasteiger partial charge is 0.267 e. The zero-order valence-electron chi connectivity index (χ0n) is 39.5. The van der Waals surface area contributed by atoms with Gasteiger partial charge in [-0.1, -0.05) is 11.8 Å². The van der Waals surface area contributed by atoms with E-state index in [4.69, 9.17) is 0 Å². The van der Waals surface area contributed by atoms with Gasteiger partial charge in [0.05, 0.1) is 0 Å². The van der Waals surface area contributed by atoms with Crippen molar-refractivity contribution in [2.24, 2.45) is 0 Å². The Balaban J connectivity index is 0.000000155. The van der Waals surface area contributed by atoms with E-state index in [0.717, 1.165) is 60.8 Å². The summed E-state index contributed by atoms with van der Waals surface area (Å²) in [4.78, 5) is 0. The zero-order valence-corrected chi connectivity index (χ0v) is 44.1. The average Bonchev–Trinajstić information content (AvgIpc) is 4.26. The van der Waals surface area contributed by atoms with Crippen LogP contribution < -0.4 is 0 Å². The van der Waals surface area contributed by atoms with Gasteiger partial charge in [-0.25, -0.2) is 111 Å². The van der Waals surface area contributed by atoms with Gasteiger partial charge in [0.1, 0.15) is 0 Å². The van der Waals surface area contributed by atoms with E-state index in [1.165, 1.54) is 66.8 Å². The van der Waals surface area contributed by atoms with Crippen molar-refractivity contribution < 1.29 is 61.3 Å². The van der Waals surface area contributed by atoms with Gasteiger partial charge in [0.15, 0.2) is 0 Å². The fourth-order valence-corrected chi connectivity index (χ4v) is 8.89. The van der Waals surface area contributed by atoms with Crippen LogP contribution in [0.25, 0.3) is 27.8 Å². The molecule has 72 heavy (non-hydrogen) atoms. The first kappa shape index (κ1) is 53.8. The van der Waals surface area contributed by atoms with Crippen LogP contribution in [0.5, 0.6) is 0 Å². The number of benzene rings is 6. The molecule has 0 aromatic heterocycles. The fraction of sp³-hybridized carbons (Fsp3) is 0.116. The van der Waals surface area contributed by atoms with Crippen molar-refractivity contribution in [1.29, 1.82) is 0 Å². The minimum atomic E-state index is 0. The van der Waals surface area contributed by atoms with E-state index < -0.39 is 0 Å². The molecular formula is C69H48Pd3-12. The van der Waals surface area contributed by atoms with E-state index in [2.05, 4.69) is 231 Å². The Labute approximate surface area is 469 Å². The third-order valence-corrected chi connectivity index (χ3v) is 12.4. The summed E-state index contributed by atoms with van der Waals surface area (Å²) in [6.07, 6.45) is 46.6. The van der Waals surface area contributed by atoms with Crippen LogP contribution in [0.4, 0.5) is 0 Å². The molecule has 0 spiro atoms. The molecule has 12 rings (SSSR count). The van der Waals surface area contributed by atoms with Gasteiger partial charge in [0, 0.05) is 61.3 Å². The molecule has 0 N–H and O–H groups in total. The zero-order chi connectivity index (χ0) is 46.5. The quantitative estimate of drug-likeness (QED) is 0.0845. The molecule has 7 aromatic carbocycles. The molecular weight excluding hydrogens is 1150 g/mol. The van der Waals surface area contributed by atoms with Gasteiger partial charge in [0.25, 0.3) is 0 Å². The first-order valence-electron chi connectivity index (χ1n) is 23.8. The molecule has 0 aliphatic heterocycles. The van der Waals surface area contributed by atoms with E-state index in [9.17, 15) is 0 Å². The van der Waals surface area contributed by atoms with Crippen LogP contribution in [0.2, 0.25) is 0 Å². The molecule has 0 bridgehead atoms. The topological polar surface area (TPSA) is 0 Å². The van der Waals surface area contributed by atoms with Gasteiger partial charge in [-0.15, -0.1) is 65.8 Å². The van der Waals surface area contributed by atoms with Crippen molar-refractivity contribution in [3.63, 3.8) is 0 Å². The van der Waals surface area contributed by atoms with Crippen LogP contribution in [0.15, 0.2) is 206 Å². The molecule has 0 heterocycles. The maximum absolute atomic E-state index is 3.54. The Morgan fingerprint density at radius 2 is 0.750 bits per heavy atom. The normalized spacial score (nSPS) is 16.1. The van der Waals surface area contributed by atoms with Gasteiger partial charge in [-0.2, -0.15) is 192 Å². The molecule has 0 amide bonds. The Bertz CT molecular complexity index is 3130. The number of hydrogen-bond donors (Lipinski definition) is 0. The summed E-state index contributed by atoms with van der Waals surface area (Å²) < 4.78 is 0. The summed E-state index contributed by atoms with van der Waals surface area (Å²) in [6.45, 7) is 0. The van der Waals surface area contributed by atoms with Crippen molar-refractivity contribution in [2.75, 3.05) is 0 Å². The van der Waals surface area contributed by atoms with Crippen LogP contribution >= 0.6 is 0 Å². The van der Waals surface area contributed by atoms with Gasteiger partial charge in [-0.3, -0.25) is 12.2 Å². The van der Waals surface area contributed by atoms with E-state index in [1.54, 1.807) is 0 Å². The van der Waals surface area contributed by atoms with Crippen LogP contribution in [0.1, 0.15) is 92.3 Å². The second-order valence-corrected chi connectivity index (χ2v) is 17.4. The summed E-state index contributed by atoms with van der Waals surface area (Å²) in [7, 11) is 0. The molecule has 0 saturated carbocycles. The second kappa shape index (κ2) is 27.2. The van der Waals surface area contributed by atoms with E-state index in [-0.39, 0.29) is 73.1 Å². The molecule has 7 aromatic rings. The molecule has 0 saturated heterocycles. The van der Waals surface area contributed by atoms with Crippen LogP contribution in [0.3, 0.4) is 0 Å². The Morgan fingerprint density at radius 1 is 0.389 bits per heavy atom. The monoisotopic (exact) mass is 1190 g/mol. The summed E-state index contributed by atoms with van der Waals surface area (Å²) in [5, 5.41) is 0. The third kappa shape index (κ3) is 14.6. The first-order valence-corrected chi connectivity index (χ1v) is 23.8. The van der Waals surface area contributed by atoms with Gasteiger partial charge >= 0.3 is 0 Å². The SMILES string of the molecule is [C-]1=C(c2[c-]c(Cc3[c-]c(C4=[C-]C=CC4)ccc3)ccc2)CC=C1.[C-]1=CC=CC1c1[c-]c(Cc2[c-]c(-c3ccc[cH-]3)ccc2)ccc1.[C-]1=CC=CC1c1[c-]c(Cc2[c-]c(C3=[C-]C=CC3)ccc2)ccc1.[Pd].[Pd].[Pd]. The van der Waals surface area contributed by atoms with E-state index in [1.807, 2.05) is 42.5 Å². The molecule has 0 fully saturated rings. The van der Waals surface area contributed by atoms with Crippen molar-refractivity contribution in [1.82, 2.24) is 0 Å². The minimum absolute atomic E-state index is 0. The average molecular weight is 1200 g/mol. The number of allylic oxidation sites excluding steroid dienone is 20. The first-order chi connectivity index (χ1) is 34.1. The molecule has 2 atom stereocenters. The summed E-state index contributed by atoms with van der Waals surface area (Å²) in [6, 6.07) is 67.7. The van der Waals surface area contributed by atoms with E-state index >= 15 is 0 Å². The standard InChI is InChI=1S/3C23H16.3Pd/c3*1-2-10-20(9-1)22-13-5-7-18(16-22)15-19-8-6-14-23(17-19)21-11-3-4-12-21;;;/h1-8,13-14H,9,11,15H2;1-9,13-14,20H,11,15H2;1-11,13-14,21H,15H2;;;/q3*-4;;;. The maximum atomic E-state index is 3.54. The maximum Gasteiger partial charge on any atom is 0 e. The fourth-order valence-electron chi connectivity index (χ4n) is 8.89. The number of rotatable bonds is 12. The molecule has 366 valence electrons. The van der Waals surface area contributed by atoms with Crippen LogP contribution in [0, 0.1) is 66.8 Å². The summed E-state index contributed by atoms with van der Waals surface area (Å²) >= 11 is 0. The van der Waals surface area contributed by atoms with Crippen molar-refractivity contribution >= 4 is 16.7 Å². The van der Waals surface area contributed by atoms with Crippen molar-refractivity contribution in [3.8, 4) is 11.1 Å². The molecule has 5 aliphatic rings. The van der Waals surface area contributed by atoms with Crippen LogP contribution in [-0.2, 0) is 80.5 Å². The second-order valence-electron chi connectivity index (χ2n) is 17.4. The van der Waals surface area contributed by atoms with Gasteiger partial charge in [0.2, 0.25) is 0 Å². The predicted molar refractivity (Wildman–Crippen MR) is 282 cm³/mol. The van der Waals surface area contributed by atoms with Crippen molar-refractivity contribution in [2.45, 2.75) is 50.4 Å². The minimum Gasteiger partial charge on any atom is -0.267 e. The summed E-state index contributed by atoms with van der Waals surface area (Å²) in [5.41, 5.74) is 19.0. The smallest absolute Gasteiger partial charge is 0 e. The third-order valence-electron chi connectivity index (χ3n) is 12.4. The Kier molecular flexibility index (Phi) is 20.3. The predicted octanol–water partition coefficient (Wildman–Crippen LogP) is 15.5. The molecule has 0 radical (unpaired) electrons.